The fourth-order valence-electron chi connectivity index (χ4n) is 2.69. The van der Waals surface area contributed by atoms with Gasteiger partial charge in [-0.2, -0.15) is 0 Å². The molecule has 0 radical (unpaired) electrons. The summed E-state index contributed by atoms with van der Waals surface area (Å²) in [5, 5.41) is 2.00. The molecule has 2 rings (SSSR count). The Balaban J connectivity index is 2.02. The van der Waals surface area contributed by atoms with Gasteiger partial charge in [-0.15, -0.1) is 11.3 Å². The average molecular weight is 278 g/mol. The third kappa shape index (κ3) is 2.89. The molecule has 1 aliphatic rings. The number of hydrogen-bond acceptors (Lipinski definition) is 3. The van der Waals surface area contributed by atoms with Crippen LogP contribution in [0.3, 0.4) is 0 Å². The molecule has 0 aliphatic heterocycles. The van der Waals surface area contributed by atoms with Crippen LogP contribution in [0.15, 0.2) is 22.5 Å². The number of carbonyl (C=O) groups is 1. The van der Waals surface area contributed by atoms with Gasteiger partial charge in [-0.1, -0.05) is 25.5 Å². The minimum absolute atomic E-state index is 0.0880. The maximum absolute atomic E-state index is 12.5. The van der Waals surface area contributed by atoms with Gasteiger partial charge in [0, 0.05) is 12.4 Å². The van der Waals surface area contributed by atoms with Gasteiger partial charge in [0.25, 0.3) is 0 Å². The molecule has 1 fully saturated rings. The third-order valence-electron chi connectivity index (χ3n) is 3.95. The number of aromatic nitrogens is 1. The summed E-state index contributed by atoms with van der Waals surface area (Å²) in [5.74, 6) is 0.731. The third-order valence-corrected chi connectivity index (χ3v) is 4.58. The molecule has 1 aromatic rings. The van der Waals surface area contributed by atoms with Crippen molar-refractivity contribution in [1.29, 1.82) is 0 Å². The van der Waals surface area contributed by atoms with Gasteiger partial charge >= 0.3 is 0 Å². The molecule has 1 heterocycles. The Hall–Kier alpha value is -1.16. The smallest absolute Gasteiger partial charge is 0.226 e. The van der Waals surface area contributed by atoms with Crippen molar-refractivity contribution in [3.05, 3.63) is 28.2 Å². The quantitative estimate of drug-likeness (QED) is 0.791. The lowest BCUT2D eigenvalue weighted by Gasteiger charge is -2.16. The van der Waals surface area contributed by atoms with E-state index >= 15 is 0 Å². The number of nitrogens with zero attached hydrogens (tertiary/aromatic N) is 2. The minimum atomic E-state index is 0.0880. The van der Waals surface area contributed by atoms with Gasteiger partial charge in [-0.3, -0.25) is 4.79 Å². The number of amides is 1. The summed E-state index contributed by atoms with van der Waals surface area (Å²) in [7, 11) is 1.87. The van der Waals surface area contributed by atoms with Crippen molar-refractivity contribution in [3.8, 4) is 0 Å². The molecule has 0 bridgehead atoms. The number of thiazole rings is 1. The van der Waals surface area contributed by atoms with Gasteiger partial charge in [0.1, 0.15) is 0 Å². The molecule has 2 unspecified atom stereocenters. The minimum Gasteiger partial charge on any atom is -0.340 e. The first-order valence-electron chi connectivity index (χ1n) is 6.61. The van der Waals surface area contributed by atoms with Gasteiger partial charge in [-0.05, 0) is 25.2 Å². The fraction of sp³-hybridized carbons (Fsp3) is 0.600. The molecule has 4 heteroatoms. The van der Waals surface area contributed by atoms with E-state index in [1.165, 1.54) is 5.57 Å². The first-order chi connectivity index (χ1) is 8.84. The lowest BCUT2D eigenvalue weighted by molar-refractivity contribution is -0.132. The topological polar surface area (TPSA) is 33.2 Å². The van der Waals surface area contributed by atoms with Crippen molar-refractivity contribution in [1.82, 2.24) is 9.88 Å². The fourth-order valence-corrected chi connectivity index (χ4v) is 3.24. The SMILES string of the molecule is CC(C)=CC1C(C(=O)N(C)Cc2cscn2)C1(C)C. The lowest BCUT2D eigenvalue weighted by Crippen LogP contribution is -2.29. The second-order valence-corrected chi connectivity index (χ2v) is 6.96. The second kappa shape index (κ2) is 5.08. The highest BCUT2D eigenvalue weighted by Crippen LogP contribution is 2.60. The van der Waals surface area contributed by atoms with E-state index in [1.54, 1.807) is 21.7 Å². The summed E-state index contributed by atoms with van der Waals surface area (Å²) in [6.07, 6.45) is 2.24. The van der Waals surface area contributed by atoms with E-state index in [9.17, 15) is 4.79 Å². The first-order valence-corrected chi connectivity index (χ1v) is 7.55. The molecule has 19 heavy (non-hydrogen) atoms. The van der Waals surface area contributed by atoms with E-state index in [2.05, 4.69) is 38.8 Å². The highest BCUT2D eigenvalue weighted by Gasteiger charge is 2.60. The molecule has 0 N–H and O–H groups in total. The van der Waals surface area contributed by atoms with E-state index in [-0.39, 0.29) is 17.2 Å². The van der Waals surface area contributed by atoms with E-state index < -0.39 is 0 Å². The Kier molecular flexibility index (Phi) is 3.81. The highest BCUT2D eigenvalue weighted by atomic mass is 32.1. The van der Waals surface area contributed by atoms with Crippen molar-refractivity contribution in [2.75, 3.05) is 7.05 Å². The summed E-state index contributed by atoms with van der Waals surface area (Å²) in [6, 6.07) is 0. The summed E-state index contributed by atoms with van der Waals surface area (Å²) in [4.78, 5) is 18.6. The van der Waals surface area contributed by atoms with Gasteiger partial charge in [-0.25, -0.2) is 4.98 Å². The zero-order valence-corrected chi connectivity index (χ0v) is 13.1. The van der Waals surface area contributed by atoms with Crippen LogP contribution in [0.25, 0.3) is 0 Å². The molecule has 3 nitrogen and oxygen atoms in total. The Morgan fingerprint density at radius 2 is 2.21 bits per heavy atom. The Morgan fingerprint density at radius 3 is 2.74 bits per heavy atom. The molecule has 1 aromatic heterocycles. The molecule has 1 aliphatic carbocycles. The van der Waals surface area contributed by atoms with E-state index in [4.69, 9.17) is 0 Å². The molecule has 0 aromatic carbocycles. The normalized spacial score (nSPS) is 23.8. The average Bonchev–Trinajstić information content (AvgIpc) is 2.69. The molecule has 1 saturated carbocycles. The Bertz CT molecular complexity index is 486. The maximum atomic E-state index is 12.5. The highest BCUT2D eigenvalue weighted by molar-refractivity contribution is 7.07. The van der Waals surface area contributed by atoms with Crippen LogP contribution in [0.4, 0.5) is 0 Å². The van der Waals surface area contributed by atoms with Crippen molar-refractivity contribution < 1.29 is 4.79 Å². The van der Waals surface area contributed by atoms with Crippen molar-refractivity contribution in [3.63, 3.8) is 0 Å². The van der Waals surface area contributed by atoms with Crippen molar-refractivity contribution >= 4 is 17.2 Å². The summed E-state index contributed by atoms with van der Waals surface area (Å²) in [5.41, 5.74) is 4.15. The summed E-state index contributed by atoms with van der Waals surface area (Å²) >= 11 is 1.57. The summed E-state index contributed by atoms with van der Waals surface area (Å²) < 4.78 is 0. The van der Waals surface area contributed by atoms with Crippen LogP contribution in [0, 0.1) is 17.3 Å². The van der Waals surface area contributed by atoms with Crippen LogP contribution in [0.2, 0.25) is 0 Å². The summed E-state index contributed by atoms with van der Waals surface area (Å²) in [6.45, 7) is 9.15. The second-order valence-electron chi connectivity index (χ2n) is 6.24. The molecular formula is C15H22N2OS. The number of allylic oxidation sites excluding steroid dienone is 2. The van der Waals surface area contributed by atoms with Crippen LogP contribution in [0.1, 0.15) is 33.4 Å². The van der Waals surface area contributed by atoms with E-state index in [0.29, 0.717) is 12.5 Å². The molecule has 104 valence electrons. The first kappa shape index (κ1) is 14.3. The zero-order valence-electron chi connectivity index (χ0n) is 12.3. The van der Waals surface area contributed by atoms with Gasteiger partial charge in [0.15, 0.2) is 0 Å². The monoisotopic (exact) mass is 278 g/mol. The molecular weight excluding hydrogens is 256 g/mol. The van der Waals surface area contributed by atoms with E-state index in [1.807, 2.05) is 12.4 Å². The number of hydrogen-bond donors (Lipinski definition) is 0. The standard InChI is InChI=1S/C15H22N2OS/c1-10(2)6-12-13(15(12,3)4)14(18)17(5)7-11-8-19-9-16-11/h6,8-9,12-13H,7H2,1-5H3. The molecule has 0 spiro atoms. The number of rotatable bonds is 4. The Morgan fingerprint density at radius 1 is 1.53 bits per heavy atom. The molecule has 1 amide bonds. The van der Waals surface area contributed by atoms with Gasteiger partial charge < -0.3 is 4.90 Å². The van der Waals surface area contributed by atoms with Crippen LogP contribution < -0.4 is 0 Å². The van der Waals surface area contributed by atoms with Crippen LogP contribution in [-0.2, 0) is 11.3 Å². The number of carbonyl (C=O) groups excluding carboxylic acids is 1. The zero-order chi connectivity index (χ0) is 14.2. The van der Waals surface area contributed by atoms with Crippen molar-refractivity contribution in [2.24, 2.45) is 17.3 Å². The lowest BCUT2D eigenvalue weighted by atomic mass is 10.1. The molecule has 2 atom stereocenters. The predicted octanol–water partition coefficient (Wildman–Crippen LogP) is 3.34. The van der Waals surface area contributed by atoms with Gasteiger partial charge in [0.05, 0.1) is 23.7 Å². The molecule has 0 saturated heterocycles. The Labute approximate surface area is 119 Å². The van der Waals surface area contributed by atoms with Crippen LogP contribution >= 0.6 is 11.3 Å². The largest absolute Gasteiger partial charge is 0.340 e. The van der Waals surface area contributed by atoms with Crippen LogP contribution in [-0.4, -0.2) is 22.8 Å². The van der Waals surface area contributed by atoms with E-state index in [0.717, 1.165) is 5.69 Å². The predicted molar refractivity (Wildman–Crippen MR) is 78.8 cm³/mol. The van der Waals surface area contributed by atoms with Gasteiger partial charge in [0.2, 0.25) is 5.91 Å². The van der Waals surface area contributed by atoms with Crippen LogP contribution in [0.5, 0.6) is 0 Å². The maximum Gasteiger partial charge on any atom is 0.226 e. The van der Waals surface area contributed by atoms with Crippen molar-refractivity contribution in [2.45, 2.75) is 34.2 Å².